The van der Waals surface area contributed by atoms with Crippen LogP contribution in [0.25, 0.3) is 0 Å². The first kappa shape index (κ1) is 21.5. The molecule has 0 bridgehead atoms. The molecule has 1 amide bonds. The molecule has 31 heavy (non-hydrogen) atoms. The van der Waals surface area contributed by atoms with Gasteiger partial charge in [0.25, 0.3) is 0 Å². The zero-order chi connectivity index (χ0) is 22.0. The van der Waals surface area contributed by atoms with Crippen molar-refractivity contribution in [1.29, 1.82) is 0 Å². The lowest BCUT2D eigenvalue weighted by Crippen LogP contribution is -2.42. The first-order chi connectivity index (χ1) is 14.9. The highest BCUT2D eigenvalue weighted by Crippen LogP contribution is 2.54. The van der Waals surface area contributed by atoms with E-state index in [0.717, 1.165) is 16.0 Å². The fourth-order valence-electron chi connectivity index (χ4n) is 4.01. The van der Waals surface area contributed by atoms with Crippen LogP contribution >= 0.6 is 23.4 Å². The number of thioether (sulfide) groups is 1. The van der Waals surface area contributed by atoms with Crippen LogP contribution in [0.15, 0.2) is 83.8 Å². The molecule has 1 saturated heterocycles. The van der Waals surface area contributed by atoms with Crippen molar-refractivity contribution in [3.8, 4) is 0 Å². The van der Waals surface area contributed by atoms with E-state index < -0.39 is 16.8 Å². The largest absolute Gasteiger partial charge is 0.468 e. The summed E-state index contributed by atoms with van der Waals surface area (Å²) in [5.41, 5.74) is 2.69. The van der Waals surface area contributed by atoms with E-state index in [1.165, 1.54) is 18.9 Å². The van der Waals surface area contributed by atoms with Gasteiger partial charge in [-0.1, -0.05) is 59.6 Å². The summed E-state index contributed by atoms with van der Waals surface area (Å²) in [6.07, 6.45) is 0.0282. The van der Waals surface area contributed by atoms with Crippen LogP contribution in [-0.4, -0.2) is 23.7 Å². The number of hydrogen-bond donors (Lipinski definition) is 0. The molecule has 1 fully saturated rings. The van der Waals surface area contributed by atoms with Crippen LogP contribution in [0.1, 0.15) is 23.6 Å². The summed E-state index contributed by atoms with van der Waals surface area (Å²) in [7, 11) is 1.37. The second-order valence-corrected chi connectivity index (χ2v) is 9.37. The molecule has 3 aromatic rings. The minimum atomic E-state index is -1.14. The van der Waals surface area contributed by atoms with Crippen LogP contribution < -0.4 is 4.90 Å². The number of hydrogen-bond acceptors (Lipinski definition) is 4. The molecule has 4 nitrogen and oxygen atoms in total. The maximum Gasteiger partial charge on any atom is 0.325 e. The van der Waals surface area contributed by atoms with Crippen LogP contribution in [0.4, 0.5) is 5.69 Å². The van der Waals surface area contributed by atoms with E-state index in [1.807, 2.05) is 61.5 Å². The van der Waals surface area contributed by atoms with Gasteiger partial charge in [-0.15, -0.1) is 11.8 Å². The second-order valence-electron chi connectivity index (χ2n) is 7.53. The van der Waals surface area contributed by atoms with Gasteiger partial charge in [0, 0.05) is 15.6 Å². The highest BCUT2D eigenvalue weighted by atomic mass is 35.5. The van der Waals surface area contributed by atoms with E-state index in [1.54, 1.807) is 29.2 Å². The number of methoxy groups -OCH3 is 1. The van der Waals surface area contributed by atoms with Crippen molar-refractivity contribution in [3.63, 3.8) is 0 Å². The summed E-state index contributed by atoms with van der Waals surface area (Å²) in [6.45, 7) is 2.01. The molecular formula is C25H22ClNO3S. The molecule has 0 aliphatic carbocycles. The predicted octanol–water partition coefficient (Wildman–Crippen LogP) is 5.83. The highest BCUT2D eigenvalue weighted by molar-refractivity contribution is 8.01. The average molecular weight is 452 g/mol. The number of carbonyl (C=O) groups excluding carboxylic acids is 2. The first-order valence-electron chi connectivity index (χ1n) is 9.91. The molecule has 0 N–H and O–H groups in total. The van der Waals surface area contributed by atoms with Gasteiger partial charge < -0.3 is 9.64 Å². The van der Waals surface area contributed by atoms with Crippen LogP contribution in [-0.2, 0) is 14.3 Å². The van der Waals surface area contributed by atoms with Gasteiger partial charge in [-0.25, -0.2) is 0 Å². The topological polar surface area (TPSA) is 46.6 Å². The molecule has 2 atom stereocenters. The van der Waals surface area contributed by atoms with E-state index in [2.05, 4.69) is 0 Å². The van der Waals surface area contributed by atoms with Gasteiger partial charge in [0.1, 0.15) is 0 Å². The van der Waals surface area contributed by atoms with Crippen LogP contribution in [0.3, 0.4) is 0 Å². The third-order valence-corrected chi connectivity index (χ3v) is 7.11. The third kappa shape index (κ3) is 4.08. The van der Waals surface area contributed by atoms with Crippen molar-refractivity contribution >= 4 is 40.9 Å². The summed E-state index contributed by atoms with van der Waals surface area (Å²) in [6, 6.07) is 24.1. The van der Waals surface area contributed by atoms with Crippen molar-refractivity contribution in [3.05, 3.63) is 95.0 Å². The molecule has 6 heteroatoms. The smallest absolute Gasteiger partial charge is 0.325 e. The second kappa shape index (κ2) is 8.77. The molecular weight excluding hydrogens is 430 g/mol. The van der Waals surface area contributed by atoms with Gasteiger partial charge in [-0.2, -0.15) is 0 Å². The lowest BCUT2D eigenvalue weighted by Gasteiger charge is -2.35. The number of carbonyl (C=O) groups is 2. The van der Waals surface area contributed by atoms with Crippen molar-refractivity contribution in [2.45, 2.75) is 29.0 Å². The number of anilines is 1. The Morgan fingerprint density at radius 1 is 1.03 bits per heavy atom. The molecule has 1 aliphatic rings. The van der Waals surface area contributed by atoms with Gasteiger partial charge in [0.2, 0.25) is 5.91 Å². The Morgan fingerprint density at radius 3 is 2.29 bits per heavy atom. The highest BCUT2D eigenvalue weighted by Gasteiger charge is 2.59. The van der Waals surface area contributed by atoms with E-state index in [4.69, 9.17) is 16.3 Å². The third-order valence-electron chi connectivity index (χ3n) is 5.45. The Labute approximate surface area is 191 Å². The Bertz CT molecular complexity index is 1090. The number of halogens is 1. The summed E-state index contributed by atoms with van der Waals surface area (Å²) in [5.74, 6) is -0.557. The molecule has 0 aromatic heterocycles. The quantitative estimate of drug-likeness (QED) is 0.458. The number of amides is 1. The molecule has 0 unspecified atom stereocenters. The number of aryl methyl sites for hydroxylation is 1. The molecule has 1 heterocycles. The molecule has 0 spiro atoms. The van der Waals surface area contributed by atoms with Crippen molar-refractivity contribution in [2.24, 2.45) is 0 Å². The van der Waals surface area contributed by atoms with E-state index >= 15 is 0 Å². The molecule has 3 aromatic carbocycles. The normalized spacial score (nSPS) is 20.7. The Kier molecular flexibility index (Phi) is 6.08. The Hall–Kier alpha value is -2.76. The fourth-order valence-corrected chi connectivity index (χ4v) is 5.55. The van der Waals surface area contributed by atoms with Gasteiger partial charge in [-0.05, 0) is 48.9 Å². The van der Waals surface area contributed by atoms with E-state index in [0.29, 0.717) is 10.7 Å². The minimum Gasteiger partial charge on any atom is -0.468 e. The average Bonchev–Trinajstić information content (AvgIpc) is 3.08. The van der Waals surface area contributed by atoms with Gasteiger partial charge in [-0.3, -0.25) is 9.59 Å². The lowest BCUT2D eigenvalue weighted by molar-refractivity contribution is -0.144. The number of benzene rings is 3. The summed E-state index contributed by atoms with van der Waals surface area (Å²) in [4.78, 5) is 29.3. The minimum absolute atomic E-state index is 0.0282. The Morgan fingerprint density at radius 2 is 1.68 bits per heavy atom. The maximum atomic E-state index is 13.4. The zero-order valence-corrected chi connectivity index (χ0v) is 18.8. The zero-order valence-electron chi connectivity index (χ0n) is 17.2. The molecule has 0 radical (unpaired) electrons. The molecule has 4 rings (SSSR count). The van der Waals surface area contributed by atoms with Crippen molar-refractivity contribution < 1.29 is 14.3 Å². The predicted molar refractivity (Wildman–Crippen MR) is 125 cm³/mol. The van der Waals surface area contributed by atoms with Gasteiger partial charge in [0.05, 0.1) is 19.6 Å². The van der Waals surface area contributed by atoms with Gasteiger partial charge in [0.15, 0.2) is 4.75 Å². The summed E-state index contributed by atoms with van der Waals surface area (Å²) in [5, 5.41) is 0.583. The molecule has 0 saturated carbocycles. The standard InChI is InChI=1S/C25H22ClNO3S/c1-17-8-14-21(15-9-17)31-25(24(29)30-2)16-22(28)27(20-12-10-19(26)11-13-20)23(25)18-6-4-3-5-7-18/h3-15,23H,16H2,1-2H3/t23-,25-/m1/s1. The van der Waals surface area contributed by atoms with Crippen molar-refractivity contribution in [2.75, 3.05) is 12.0 Å². The summed E-state index contributed by atoms with van der Waals surface area (Å²) < 4.78 is 4.14. The first-order valence-corrected chi connectivity index (χ1v) is 11.1. The van der Waals surface area contributed by atoms with Crippen LogP contribution in [0, 0.1) is 6.92 Å². The number of ether oxygens (including phenoxy) is 1. The number of rotatable bonds is 5. The number of nitrogens with zero attached hydrogens (tertiary/aromatic N) is 1. The van der Waals surface area contributed by atoms with E-state index in [9.17, 15) is 9.59 Å². The monoisotopic (exact) mass is 451 g/mol. The maximum absolute atomic E-state index is 13.4. The molecule has 158 valence electrons. The van der Waals surface area contributed by atoms with E-state index in [-0.39, 0.29) is 12.3 Å². The number of esters is 1. The van der Waals surface area contributed by atoms with Gasteiger partial charge >= 0.3 is 5.97 Å². The van der Waals surface area contributed by atoms with Crippen LogP contribution in [0.5, 0.6) is 0 Å². The van der Waals surface area contributed by atoms with Crippen molar-refractivity contribution in [1.82, 2.24) is 0 Å². The summed E-state index contributed by atoms with van der Waals surface area (Å²) >= 11 is 7.46. The van der Waals surface area contributed by atoms with Crippen LogP contribution in [0.2, 0.25) is 5.02 Å². The SMILES string of the molecule is COC(=O)[C@@]1(Sc2ccc(C)cc2)CC(=O)N(c2ccc(Cl)cc2)[C@@H]1c1ccccc1. The Balaban J connectivity index is 1.89. The lowest BCUT2D eigenvalue weighted by atomic mass is 9.92. The fraction of sp³-hybridized carbons (Fsp3) is 0.200. The molecule has 1 aliphatic heterocycles.